The van der Waals surface area contributed by atoms with Crippen LogP contribution in [0, 0.1) is 0 Å². The van der Waals surface area contributed by atoms with Gasteiger partial charge in [0.25, 0.3) is 0 Å². The zero-order valence-electron chi connectivity index (χ0n) is 18.6. The van der Waals surface area contributed by atoms with Crippen LogP contribution >= 0.6 is 11.3 Å². The second kappa shape index (κ2) is 11.1. The van der Waals surface area contributed by atoms with Gasteiger partial charge in [-0.2, -0.15) is 0 Å². The van der Waals surface area contributed by atoms with E-state index in [4.69, 9.17) is 4.74 Å². The molecule has 1 aromatic heterocycles. The van der Waals surface area contributed by atoms with Gasteiger partial charge in [-0.15, -0.1) is 11.3 Å². The van der Waals surface area contributed by atoms with E-state index in [9.17, 15) is 14.7 Å². The molecule has 0 saturated carbocycles. The molecule has 0 fully saturated rings. The SMILES string of the molecule is C=CCOc1cccc(C2C(C(=O)c3cccs3)=C([O-])C(=O)N2CCC[NH+](CC)CC)c1. The van der Waals surface area contributed by atoms with E-state index >= 15 is 0 Å². The lowest BCUT2D eigenvalue weighted by molar-refractivity contribution is -0.896. The summed E-state index contributed by atoms with van der Waals surface area (Å²) in [7, 11) is 0. The van der Waals surface area contributed by atoms with Crippen molar-refractivity contribution in [2.75, 3.05) is 32.8 Å². The van der Waals surface area contributed by atoms with Crippen LogP contribution in [-0.4, -0.2) is 49.4 Å². The van der Waals surface area contributed by atoms with Crippen molar-refractivity contribution in [3.63, 3.8) is 0 Å². The summed E-state index contributed by atoms with van der Waals surface area (Å²) in [6, 6.07) is 9.98. The van der Waals surface area contributed by atoms with E-state index in [-0.39, 0.29) is 11.4 Å². The first kappa shape index (κ1) is 23.8. The number of hydrogen-bond donors (Lipinski definition) is 1. The van der Waals surface area contributed by atoms with Gasteiger partial charge in [0.2, 0.25) is 11.7 Å². The average Bonchev–Trinajstić information content (AvgIpc) is 3.43. The molecular weight excluding hydrogens is 424 g/mol. The van der Waals surface area contributed by atoms with Crippen LogP contribution in [0.2, 0.25) is 0 Å². The number of ether oxygens (including phenoxy) is 1. The Morgan fingerprint density at radius 2 is 2.06 bits per heavy atom. The third-order valence-corrected chi connectivity index (χ3v) is 6.61. The van der Waals surface area contributed by atoms with Crippen LogP contribution < -0.4 is 14.7 Å². The summed E-state index contributed by atoms with van der Waals surface area (Å²) in [5.41, 5.74) is 0.717. The van der Waals surface area contributed by atoms with Crippen molar-refractivity contribution in [3.05, 3.63) is 76.2 Å². The summed E-state index contributed by atoms with van der Waals surface area (Å²) in [5, 5.41) is 14.8. The van der Waals surface area contributed by atoms with Crippen molar-refractivity contribution in [3.8, 4) is 5.75 Å². The monoisotopic (exact) mass is 454 g/mol. The topological polar surface area (TPSA) is 74.1 Å². The summed E-state index contributed by atoms with van der Waals surface area (Å²) in [6.45, 7) is 11.6. The number of carbonyl (C=O) groups is 2. The number of Topliss-reactive ketones (excluding diaryl/α,β-unsaturated/α-hetero) is 1. The molecule has 170 valence electrons. The van der Waals surface area contributed by atoms with Crippen molar-refractivity contribution in [1.82, 2.24) is 4.90 Å². The molecule has 1 atom stereocenters. The maximum Gasteiger partial charge on any atom is 0.239 e. The normalized spacial score (nSPS) is 16.2. The number of carbonyl (C=O) groups excluding carboxylic acids is 2. The van der Waals surface area contributed by atoms with Gasteiger partial charge in [-0.1, -0.05) is 30.9 Å². The van der Waals surface area contributed by atoms with Gasteiger partial charge in [-0.3, -0.25) is 9.59 Å². The van der Waals surface area contributed by atoms with Crippen LogP contribution in [0.1, 0.15) is 41.5 Å². The summed E-state index contributed by atoms with van der Waals surface area (Å²) in [5.74, 6) is -1.09. The smallest absolute Gasteiger partial charge is 0.239 e. The Bertz CT molecular complexity index is 980. The molecule has 1 unspecified atom stereocenters. The Morgan fingerprint density at radius 3 is 2.72 bits per heavy atom. The summed E-state index contributed by atoms with van der Waals surface area (Å²) in [4.78, 5) is 29.7. The molecular formula is C25H30N2O4S. The molecule has 1 aromatic carbocycles. The molecule has 3 rings (SSSR count). The largest absolute Gasteiger partial charge is 0.868 e. The van der Waals surface area contributed by atoms with Gasteiger partial charge in [0.05, 0.1) is 30.6 Å². The fourth-order valence-corrected chi connectivity index (χ4v) is 4.70. The lowest BCUT2D eigenvalue weighted by atomic mass is 9.95. The second-order valence-electron chi connectivity index (χ2n) is 7.68. The lowest BCUT2D eigenvalue weighted by Crippen LogP contribution is -3.11. The predicted octanol–water partition coefficient (Wildman–Crippen LogP) is 2.01. The first-order valence-electron chi connectivity index (χ1n) is 11.0. The average molecular weight is 455 g/mol. The summed E-state index contributed by atoms with van der Waals surface area (Å²) < 4.78 is 5.65. The maximum absolute atomic E-state index is 13.2. The quantitative estimate of drug-likeness (QED) is 0.393. The maximum atomic E-state index is 13.2. The molecule has 6 nitrogen and oxygen atoms in total. The summed E-state index contributed by atoms with van der Waals surface area (Å²) >= 11 is 1.27. The Morgan fingerprint density at radius 1 is 1.28 bits per heavy atom. The van der Waals surface area contributed by atoms with Gasteiger partial charge >= 0.3 is 0 Å². The fraction of sp³-hybridized carbons (Fsp3) is 0.360. The van der Waals surface area contributed by atoms with Gasteiger partial charge < -0.3 is 19.6 Å². The molecule has 32 heavy (non-hydrogen) atoms. The highest BCUT2D eigenvalue weighted by Gasteiger charge is 2.39. The van der Waals surface area contributed by atoms with Crippen molar-refractivity contribution in [1.29, 1.82) is 0 Å². The van der Waals surface area contributed by atoms with E-state index in [1.165, 1.54) is 16.2 Å². The van der Waals surface area contributed by atoms with E-state index < -0.39 is 17.7 Å². The number of thiophene rings is 1. The van der Waals surface area contributed by atoms with Crippen LogP contribution in [-0.2, 0) is 4.79 Å². The fourth-order valence-electron chi connectivity index (χ4n) is 4.02. The molecule has 2 aromatic rings. The minimum absolute atomic E-state index is 0.0218. The first-order chi connectivity index (χ1) is 15.5. The molecule has 1 aliphatic rings. The molecule has 0 spiro atoms. The minimum atomic E-state index is -0.719. The number of benzene rings is 1. The standard InChI is InChI=1S/C25H30N2O4S/c1-4-15-31-19-11-7-10-18(17-19)22-21(23(28)20-12-8-16-32-20)24(29)25(30)27(22)14-9-13-26(5-2)6-3/h4,7-8,10-12,16-17,22,29H,1,5-6,9,13-15H2,2-3H3. The first-order valence-corrected chi connectivity index (χ1v) is 11.9. The molecule has 1 N–H and O–H groups in total. The van der Waals surface area contributed by atoms with Gasteiger partial charge in [0, 0.05) is 18.5 Å². The van der Waals surface area contributed by atoms with Crippen molar-refractivity contribution < 1.29 is 24.3 Å². The van der Waals surface area contributed by atoms with Crippen molar-refractivity contribution in [2.45, 2.75) is 26.3 Å². The lowest BCUT2D eigenvalue weighted by Gasteiger charge is -2.28. The Balaban J connectivity index is 1.95. The Labute approximate surface area is 193 Å². The van der Waals surface area contributed by atoms with Crippen LogP contribution in [0.4, 0.5) is 0 Å². The number of hydrogen-bond acceptors (Lipinski definition) is 5. The van der Waals surface area contributed by atoms with Gasteiger partial charge in [0.1, 0.15) is 12.4 Å². The highest BCUT2D eigenvalue weighted by molar-refractivity contribution is 7.12. The zero-order valence-corrected chi connectivity index (χ0v) is 19.5. The summed E-state index contributed by atoms with van der Waals surface area (Å²) in [6.07, 6.45) is 2.40. The van der Waals surface area contributed by atoms with Gasteiger partial charge in [0.15, 0.2) is 0 Å². The molecule has 0 radical (unpaired) electrons. The third kappa shape index (κ3) is 5.11. The molecule has 1 aliphatic heterocycles. The van der Waals surface area contributed by atoms with E-state index in [1.807, 2.05) is 12.1 Å². The third-order valence-electron chi connectivity index (χ3n) is 5.75. The number of ketones is 1. The number of quaternary nitrogens is 1. The Hall–Kier alpha value is -2.90. The molecule has 2 heterocycles. The van der Waals surface area contributed by atoms with Gasteiger partial charge in [-0.05, 0) is 48.7 Å². The molecule has 0 saturated heterocycles. The number of nitrogens with zero attached hydrogens (tertiary/aromatic N) is 1. The number of amides is 1. The zero-order chi connectivity index (χ0) is 23.1. The van der Waals surface area contributed by atoms with Crippen LogP contribution in [0.5, 0.6) is 5.75 Å². The van der Waals surface area contributed by atoms with E-state index in [2.05, 4.69) is 20.4 Å². The highest BCUT2D eigenvalue weighted by atomic mass is 32.1. The van der Waals surface area contributed by atoms with E-state index in [0.29, 0.717) is 29.3 Å². The van der Waals surface area contributed by atoms with Gasteiger partial charge in [-0.25, -0.2) is 0 Å². The van der Waals surface area contributed by atoms with Crippen LogP contribution in [0.3, 0.4) is 0 Å². The van der Waals surface area contributed by atoms with Crippen LogP contribution in [0.15, 0.2) is 65.8 Å². The molecule has 1 amide bonds. The molecule has 7 heteroatoms. The number of nitrogens with one attached hydrogen (secondary N) is 1. The van der Waals surface area contributed by atoms with Crippen LogP contribution in [0.25, 0.3) is 0 Å². The second-order valence-corrected chi connectivity index (χ2v) is 8.63. The van der Waals surface area contributed by atoms with E-state index in [1.54, 1.807) is 40.6 Å². The molecule has 0 aliphatic carbocycles. The predicted molar refractivity (Wildman–Crippen MR) is 124 cm³/mol. The molecule has 0 bridgehead atoms. The van der Waals surface area contributed by atoms with Crippen molar-refractivity contribution >= 4 is 23.0 Å². The minimum Gasteiger partial charge on any atom is -0.868 e. The Kier molecular flexibility index (Phi) is 8.25. The van der Waals surface area contributed by atoms with E-state index in [0.717, 1.165) is 26.1 Å². The highest BCUT2D eigenvalue weighted by Crippen LogP contribution is 2.39. The number of rotatable bonds is 12. The van der Waals surface area contributed by atoms with Crippen molar-refractivity contribution in [2.24, 2.45) is 0 Å².